The highest BCUT2D eigenvalue weighted by molar-refractivity contribution is 9.10. The van der Waals surface area contributed by atoms with Gasteiger partial charge in [-0.05, 0) is 40.2 Å². The Bertz CT molecular complexity index is 936. The Balaban J connectivity index is 2.04. The number of cyclic esters (lactones) is 1. The molecule has 8 heteroatoms. The third-order valence-corrected chi connectivity index (χ3v) is 4.13. The normalized spacial score (nSPS) is 15.0. The molecule has 0 saturated heterocycles. The highest BCUT2D eigenvalue weighted by Crippen LogP contribution is 2.29. The third-order valence-electron chi connectivity index (χ3n) is 3.44. The lowest BCUT2D eigenvalue weighted by Gasteiger charge is -2.04. The molecule has 0 fully saturated rings. The van der Waals surface area contributed by atoms with E-state index >= 15 is 0 Å². The number of methoxy groups -OCH3 is 1. The zero-order valence-corrected chi connectivity index (χ0v) is 14.5. The molecule has 1 heterocycles. The molecule has 0 unspecified atom stereocenters. The molecule has 3 rings (SSSR count). The quantitative estimate of drug-likeness (QED) is 0.336. The van der Waals surface area contributed by atoms with E-state index in [0.29, 0.717) is 16.9 Å². The van der Waals surface area contributed by atoms with E-state index in [0.717, 1.165) is 4.47 Å². The lowest BCUT2D eigenvalue weighted by molar-refractivity contribution is -0.384. The Morgan fingerprint density at radius 3 is 2.72 bits per heavy atom. The number of hydrogen-bond acceptors (Lipinski definition) is 6. The van der Waals surface area contributed by atoms with Gasteiger partial charge in [-0.15, -0.1) is 0 Å². The van der Waals surface area contributed by atoms with Crippen LogP contribution in [-0.2, 0) is 9.53 Å². The van der Waals surface area contributed by atoms with Gasteiger partial charge < -0.3 is 9.47 Å². The first kappa shape index (κ1) is 16.8. The molecule has 1 aliphatic heterocycles. The Labute approximate surface area is 150 Å². The summed E-state index contributed by atoms with van der Waals surface area (Å²) < 4.78 is 11.1. The maximum atomic E-state index is 12.1. The average Bonchev–Trinajstić information content (AvgIpc) is 2.95. The fourth-order valence-corrected chi connectivity index (χ4v) is 2.71. The summed E-state index contributed by atoms with van der Waals surface area (Å²) in [5.74, 6) is -0.0946. The highest BCUT2D eigenvalue weighted by atomic mass is 79.9. The number of nitro benzene ring substituents is 1. The lowest BCUT2D eigenvalue weighted by Crippen LogP contribution is -2.05. The fourth-order valence-electron chi connectivity index (χ4n) is 2.25. The molecular weight excluding hydrogens is 392 g/mol. The van der Waals surface area contributed by atoms with Gasteiger partial charge in [-0.25, -0.2) is 9.79 Å². The predicted octanol–water partition coefficient (Wildman–Crippen LogP) is 3.71. The third kappa shape index (κ3) is 3.43. The first-order valence-electron chi connectivity index (χ1n) is 7.09. The van der Waals surface area contributed by atoms with Crippen LogP contribution >= 0.6 is 15.9 Å². The fraction of sp³-hybridized carbons (Fsp3) is 0.0588. The first-order valence-corrected chi connectivity index (χ1v) is 7.89. The van der Waals surface area contributed by atoms with E-state index in [9.17, 15) is 14.9 Å². The van der Waals surface area contributed by atoms with Gasteiger partial charge in [-0.3, -0.25) is 10.1 Å². The van der Waals surface area contributed by atoms with Crippen LogP contribution in [0.2, 0.25) is 0 Å². The van der Waals surface area contributed by atoms with Crippen molar-refractivity contribution in [3.63, 3.8) is 0 Å². The topological polar surface area (TPSA) is 91.0 Å². The molecule has 0 N–H and O–H groups in total. The summed E-state index contributed by atoms with van der Waals surface area (Å²) in [4.78, 5) is 26.7. The van der Waals surface area contributed by atoms with Crippen LogP contribution in [0, 0.1) is 10.1 Å². The summed E-state index contributed by atoms with van der Waals surface area (Å²) in [5, 5.41) is 10.9. The number of rotatable bonds is 4. The summed E-state index contributed by atoms with van der Waals surface area (Å²) in [6.45, 7) is 0. The zero-order chi connectivity index (χ0) is 18.0. The SMILES string of the molecule is COc1ccc([N+](=O)[O-])cc1/C=C1\N=C(c2ccccc2Br)OC1=O. The van der Waals surface area contributed by atoms with Gasteiger partial charge in [0.1, 0.15) is 5.75 Å². The van der Waals surface area contributed by atoms with E-state index in [4.69, 9.17) is 9.47 Å². The van der Waals surface area contributed by atoms with E-state index in [1.165, 1.54) is 31.4 Å². The Morgan fingerprint density at radius 2 is 2.04 bits per heavy atom. The lowest BCUT2D eigenvalue weighted by atomic mass is 10.1. The van der Waals surface area contributed by atoms with Crippen molar-refractivity contribution in [3.8, 4) is 5.75 Å². The largest absolute Gasteiger partial charge is 0.496 e. The maximum Gasteiger partial charge on any atom is 0.363 e. The van der Waals surface area contributed by atoms with Crippen LogP contribution in [0.25, 0.3) is 6.08 Å². The summed E-state index contributed by atoms with van der Waals surface area (Å²) in [6.07, 6.45) is 1.40. The van der Waals surface area contributed by atoms with Gasteiger partial charge in [0.25, 0.3) is 5.69 Å². The number of aliphatic imine (C=N–C) groups is 1. The second kappa shape index (κ2) is 6.86. The second-order valence-corrected chi connectivity index (χ2v) is 5.85. The van der Waals surface area contributed by atoms with Crippen LogP contribution < -0.4 is 4.74 Å². The van der Waals surface area contributed by atoms with Crippen molar-refractivity contribution in [1.82, 2.24) is 0 Å². The molecule has 2 aromatic rings. The molecule has 0 spiro atoms. The molecule has 0 radical (unpaired) electrons. The maximum absolute atomic E-state index is 12.1. The molecule has 0 atom stereocenters. The standard InChI is InChI=1S/C17H11BrN2O5/c1-24-15-7-6-11(20(22)23)8-10(15)9-14-17(21)25-16(19-14)12-4-2-3-5-13(12)18/h2-9H,1H3/b14-9-. The van der Waals surface area contributed by atoms with Gasteiger partial charge in [0.05, 0.1) is 17.6 Å². The first-order chi connectivity index (χ1) is 12.0. The van der Waals surface area contributed by atoms with Crippen molar-refractivity contribution in [2.75, 3.05) is 7.11 Å². The van der Waals surface area contributed by atoms with E-state index in [1.54, 1.807) is 18.2 Å². The minimum atomic E-state index is -0.640. The van der Waals surface area contributed by atoms with Crippen molar-refractivity contribution >= 4 is 39.6 Å². The van der Waals surface area contributed by atoms with E-state index in [-0.39, 0.29) is 17.3 Å². The summed E-state index contributed by atoms with van der Waals surface area (Å²) in [7, 11) is 1.44. The monoisotopic (exact) mass is 402 g/mol. The molecule has 7 nitrogen and oxygen atoms in total. The number of ether oxygens (including phenoxy) is 2. The van der Waals surface area contributed by atoms with Crippen LogP contribution in [-0.4, -0.2) is 23.9 Å². The number of hydrogen-bond donors (Lipinski definition) is 0. The number of nitro groups is 1. The Morgan fingerprint density at radius 1 is 1.28 bits per heavy atom. The Kier molecular flexibility index (Phi) is 4.62. The van der Waals surface area contributed by atoms with E-state index in [2.05, 4.69) is 20.9 Å². The van der Waals surface area contributed by atoms with Gasteiger partial charge in [-0.1, -0.05) is 12.1 Å². The Hall–Kier alpha value is -3.00. The molecular formula is C17H11BrN2O5. The van der Waals surface area contributed by atoms with Gasteiger partial charge in [0.15, 0.2) is 5.70 Å². The second-order valence-electron chi connectivity index (χ2n) is 5.00. The van der Waals surface area contributed by atoms with Crippen LogP contribution in [0.1, 0.15) is 11.1 Å². The molecule has 0 saturated carbocycles. The highest BCUT2D eigenvalue weighted by Gasteiger charge is 2.26. The van der Waals surface area contributed by atoms with Gasteiger partial charge in [0, 0.05) is 22.2 Å². The van der Waals surface area contributed by atoms with Gasteiger partial charge in [-0.2, -0.15) is 0 Å². The van der Waals surface area contributed by atoms with Crippen molar-refractivity contribution in [3.05, 3.63) is 73.9 Å². The number of benzene rings is 2. The molecule has 126 valence electrons. The van der Waals surface area contributed by atoms with E-state index < -0.39 is 10.9 Å². The summed E-state index contributed by atoms with van der Waals surface area (Å²) >= 11 is 3.37. The van der Waals surface area contributed by atoms with Crippen LogP contribution in [0.15, 0.2) is 57.6 Å². The average molecular weight is 403 g/mol. The number of carbonyl (C=O) groups excluding carboxylic acids is 1. The molecule has 0 aromatic heterocycles. The zero-order valence-electron chi connectivity index (χ0n) is 12.9. The molecule has 25 heavy (non-hydrogen) atoms. The van der Waals surface area contributed by atoms with Crippen LogP contribution in [0.3, 0.4) is 0 Å². The number of nitrogens with zero attached hydrogens (tertiary/aromatic N) is 2. The minimum Gasteiger partial charge on any atom is -0.496 e. The number of non-ortho nitro benzene ring substituents is 1. The van der Waals surface area contributed by atoms with Crippen molar-refractivity contribution in [1.29, 1.82) is 0 Å². The molecule has 0 bridgehead atoms. The van der Waals surface area contributed by atoms with Crippen LogP contribution in [0.5, 0.6) is 5.75 Å². The number of halogens is 1. The van der Waals surface area contributed by atoms with Crippen LogP contribution in [0.4, 0.5) is 5.69 Å². The molecule has 0 aliphatic carbocycles. The van der Waals surface area contributed by atoms with E-state index in [1.807, 2.05) is 6.07 Å². The smallest absolute Gasteiger partial charge is 0.363 e. The molecule has 1 aliphatic rings. The predicted molar refractivity (Wildman–Crippen MR) is 94.4 cm³/mol. The number of esters is 1. The summed E-state index contributed by atoms with van der Waals surface area (Å²) in [5.41, 5.74) is 0.907. The summed E-state index contributed by atoms with van der Waals surface area (Å²) in [6, 6.07) is 11.3. The molecule has 0 amide bonds. The van der Waals surface area contributed by atoms with Crippen molar-refractivity contribution < 1.29 is 19.2 Å². The van der Waals surface area contributed by atoms with Gasteiger partial charge in [0.2, 0.25) is 5.90 Å². The molecule has 2 aromatic carbocycles. The van der Waals surface area contributed by atoms with Crippen molar-refractivity contribution in [2.24, 2.45) is 4.99 Å². The number of carbonyl (C=O) groups is 1. The minimum absolute atomic E-state index is 0.0320. The van der Waals surface area contributed by atoms with Gasteiger partial charge >= 0.3 is 5.97 Å². The van der Waals surface area contributed by atoms with Crippen molar-refractivity contribution in [2.45, 2.75) is 0 Å².